The summed E-state index contributed by atoms with van der Waals surface area (Å²) in [5, 5.41) is 23.8. The van der Waals surface area contributed by atoms with E-state index >= 15 is 0 Å². The van der Waals surface area contributed by atoms with E-state index < -0.39 is 27.2 Å². The number of alkyl halides is 3. The number of halogens is 3. The van der Waals surface area contributed by atoms with E-state index in [0.29, 0.717) is 67.0 Å². The van der Waals surface area contributed by atoms with Crippen molar-refractivity contribution < 1.29 is 26.7 Å². The molecule has 0 saturated heterocycles. The molecule has 230 valence electrons. The first-order valence-corrected chi connectivity index (χ1v) is 15.4. The molecular formula is C28H28F3N9O3S. The number of pyridine rings is 1. The van der Waals surface area contributed by atoms with Gasteiger partial charge in [0, 0.05) is 30.7 Å². The summed E-state index contributed by atoms with van der Waals surface area (Å²) in [6.07, 6.45) is 6.89. The van der Waals surface area contributed by atoms with Crippen molar-refractivity contribution in [3.63, 3.8) is 0 Å². The highest BCUT2D eigenvalue weighted by molar-refractivity contribution is 7.90. The van der Waals surface area contributed by atoms with Gasteiger partial charge in [0.2, 0.25) is 0 Å². The van der Waals surface area contributed by atoms with Gasteiger partial charge in [0.25, 0.3) is 10.0 Å². The Morgan fingerprint density at radius 1 is 1.02 bits per heavy atom. The Bertz CT molecular complexity index is 1840. The lowest BCUT2D eigenvalue weighted by molar-refractivity contribution is -0.212. The Morgan fingerprint density at radius 2 is 1.80 bits per heavy atom. The zero-order valence-corrected chi connectivity index (χ0v) is 24.3. The van der Waals surface area contributed by atoms with E-state index in [2.05, 4.69) is 47.6 Å². The molecule has 2 aliphatic carbocycles. The summed E-state index contributed by atoms with van der Waals surface area (Å²) < 4.78 is 64.7. The normalized spacial score (nSPS) is 20.5. The SMILES string of the molecule is CC1(O)CCC(Nc2cc(Nc3ccnc(-c4cnn(S(=O)(=O)C5CC5)c4)n3)ncc2C#Cc2cnn(C(F)(F)F)c2)CC1. The van der Waals surface area contributed by atoms with Crippen LogP contribution < -0.4 is 10.6 Å². The molecule has 0 atom stereocenters. The number of nitrogens with one attached hydrogen (secondary N) is 2. The van der Waals surface area contributed by atoms with Crippen LogP contribution in [0, 0.1) is 11.8 Å². The summed E-state index contributed by atoms with van der Waals surface area (Å²) in [4.78, 5) is 13.2. The Balaban J connectivity index is 1.25. The highest BCUT2D eigenvalue weighted by Crippen LogP contribution is 2.32. The van der Waals surface area contributed by atoms with Gasteiger partial charge in [-0.2, -0.15) is 19.0 Å². The molecule has 3 N–H and O–H groups in total. The number of anilines is 3. The quantitative estimate of drug-likeness (QED) is 0.256. The van der Waals surface area contributed by atoms with Crippen molar-refractivity contribution >= 4 is 27.3 Å². The monoisotopic (exact) mass is 627 g/mol. The van der Waals surface area contributed by atoms with Crippen molar-refractivity contribution in [2.45, 2.75) is 68.6 Å². The molecule has 0 unspecified atom stereocenters. The highest BCUT2D eigenvalue weighted by atomic mass is 32.2. The van der Waals surface area contributed by atoms with E-state index in [-0.39, 0.29) is 22.1 Å². The van der Waals surface area contributed by atoms with E-state index in [9.17, 15) is 26.7 Å². The maximum atomic E-state index is 12.9. The van der Waals surface area contributed by atoms with E-state index in [1.54, 1.807) is 12.1 Å². The molecule has 0 aromatic carbocycles. The van der Waals surface area contributed by atoms with Crippen LogP contribution >= 0.6 is 0 Å². The number of nitrogens with zero attached hydrogens (tertiary/aromatic N) is 7. The smallest absolute Gasteiger partial charge is 0.390 e. The molecule has 0 amide bonds. The molecule has 0 bridgehead atoms. The van der Waals surface area contributed by atoms with E-state index in [0.717, 1.165) is 16.5 Å². The first-order chi connectivity index (χ1) is 20.9. The van der Waals surface area contributed by atoms with Gasteiger partial charge in [-0.1, -0.05) is 11.8 Å². The molecule has 4 aromatic rings. The maximum Gasteiger partial charge on any atom is 0.504 e. The molecule has 4 aromatic heterocycles. The molecular weight excluding hydrogens is 599 g/mol. The van der Waals surface area contributed by atoms with Crippen LogP contribution in [0.1, 0.15) is 56.6 Å². The van der Waals surface area contributed by atoms with Gasteiger partial charge in [-0.3, -0.25) is 0 Å². The topological polar surface area (TPSA) is 153 Å². The largest absolute Gasteiger partial charge is 0.504 e. The Labute approximate surface area is 250 Å². The predicted molar refractivity (Wildman–Crippen MR) is 154 cm³/mol. The van der Waals surface area contributed by atoms with Crippen LogP contribution in [0.5, 0.6) is 0 Å². The third-order valence-corrected chi connectivity index (χ3v) is 9.48. The van der Waals surface area contributed by atoms with E-state index in [1.807, 2.05) is 6.92 Å². The average molecular weight is 628 g/mol. The Morgan fingerprint density at radius 3 is 2.50 bits per heavy atom. The minimum absolute atomic E-state index is 0.0353. The van der Waals surface area contributed by atoms with Crippen LogP contribution in [0.4, 0.5) is 30.5 Å². The van der Waals surface area contributed by atoms with Crippen LogP contribution in [-0.4, -0.2) is 64.3 Å². The fraction of sp³-hybridized carbons (Fsp3) is 0.393. The van der Waals surface area contributed by atoms with Crippen molar-refractivity contribution in [1.82, 2.24) is 33.9 Å². The molecule has 0 radical (unpaired) electrons. The minimum Gasteiger partial charge on any atom is -0.390 e. The zero-order valence-electron chi connectivity index (χ0n) is 23.5. The maximum absolute atomic E-state index is 12.9. The standard InChI is InChI=1S/C28H28F3N9O3S/c1-27(41)9-6-21(7-10-27)36-23-12-25(33-14-19(23)3-2-18-13-34-39(16-18)28(29,30)31)37-24-8-11-32-26(38-24)20-15-35-40(17-20)44(42,43)22-4-5-22/h8,11-17,21-22,41H,4-7,9-10H2,1H3,(H2,32,33,36,37,38). The minimum atomic E-state index is -4.64. The highest BCUT2D eigenvalue weighted by Gasteiger charge is 2.38. The first-order valence-electron chi connectivity index (χ1n) is 13.9. The van der Waals surface area contributed by atoms with Crippen molar-refractivity contribution in [3.8, 4) is 23.2 Å². The summed E-state index contributed by atoms with van der Waals surface area (Å²) in [6, 6.07) is 3.38. The zero-order chi connectivity index (χ0) is 31.1. The summed E-state index contributed by atoms with van der Waals surface area (Å²) >= 11 is 0. The van der Waals surface area contributed by atoms with Crippen molar-refractivity contribution in [1.29, 1.82) is 0 Å². The summed E-state index contributed by atoms with van der Waals surface area (Å²) in [5.41, 5.74) is 0.853. The number of aromatic nitrogens is 7. The molecule has 0 aliphatic heterocycles. The Kier molecular flexibility index (Phi) is 7.54. The molecule has 0 spiro atoms. The van der Waals surface area contributed by atoms with Gasteiger partial charge >= 0.3 is 6.30 Å². The second kappa shape index (κ2) is 11.2. The molecule has 2 fully saturated rings. The second-order valence-corrected chi connectivity index (χ2v) is 13.2. The lowest BCUT2D eigenvalue weighted by atomic mass is 9.83. The molecule has 6 rings (SSSR count). The second-order valence-electron chi connectivity index (χ2n) is 11.2. The van der Waals surface area contributed by atoms with Gasteiger partial charge in [-0.15, -0.1) is 13.2 Å². The van der Waals surface area contributed by atoms with Crippen LogP contribution in [0.25, 0.3) is 11.4 Å². The van der Waals surface area contributed by atoms with Crippen molar-refractivity contribution in [2.24, 2.45) is 0 Å². The molecule has 2 saturated carbocycles. The lowest BCUT2D eigenvalue weighted by Crippen LogP contribution is -2.35. The predicted octanol–water partition coefficient (Wildman–Crippen LogP) is 4.00. The van der Waals surface area contributed by atoms with Crippen LogP contribution in [0.2, 0.25) is 0 Å². The van der Waals surface area contributed by atoms with E-state index in [1.165, 1.54) is 24.8 Å². The summed E-state index contributed by atoms with van der Waals surface area (Å²) in [6.45, 7) is 1.81. The van der Waals surface area contributed by atoms with Crippen LogP contribution in [0.3, 0.4) is 0 Å². The molecule has 12 nitrogen and oxygen atoms in total. The van der Waals surface area contributed by atoms with Gasteiger partial charge in [0.05, 0.1) is 51.8 Å². The molecule has 4 heterocycles. The van der Waals surface area contributed by atoms with Crippen LogP contribution in [-0.2, 0) is 16.3 Å². The number of hydrogen-bond acceptors (Lipinski definition) is 10. The number of aliphatic hydroxyl groups is 1. The fourth-order valence-corrected chi connectivity index (χ4v) is 6.27. The molecule has 44 heavy (non-hydrogen) atoms. The van der Waals surface area contributed by atoms with Crippen molar-refractivity contribution in [2.75, 3.05) is 10.6 Å². The van der Waals surface area contributed by atoms with Crippen molar-refractivity contribution in [3.05, 3.63) is 60.4 Å². The van der Waals surface area contributed by atoms with E-state index in [4.69, 9.17) is 0 Å². The average Bonchev–Trinajstić information content (AvgIpc) is 3.51. The van der Waals surface area contributed by atoms with Gasteiger partial charge in [-0.05, 0) is 51.5 Å². The first kappa shape index (κ1) is 29.6. The van der Waals surface area contributed by atoms with Gasteiger partial charge in [-0.25, -0.2) is 23.4 Å². The third kappa shape index (κ3) is 6.68. The molecule has 2 aliphatic rings. The lowest BCUT2D eigenvalue weighted by Gasteiger charge is -2.34. The molecule has 16 heteroatoms. The van der Waals surface area contributed by atoms with Gasteiger partial charge in [0.15, 0.2) is 5.82 Å². The fourth-order valence-electron chi connectivity index (χ4n) is 4.79. The van der Waals surface area contributed by atoms with Crippen LogP contribution in [0.15, 0.2) is 49.3 Å². The van der Waals surface area contributed by atoms with Gasteiger partial charge in [0.1, 0.15) is 11.6 Å². The third-order valence-electron chi connectivity index (χ3n) is 7.45. The Hall–Kier alpha value is -4.49. The summed E-state index contributed by atoms with van der Waals surface area (Å²) in [5.74, 6) is 6.67. The summed E-state index contributed by atoms with van der Waals surface area (Å²) in [7, 11) is -3.53. The van der Waals surface area contributed by atoms with Gasteiger partial charge < -0.3 is 15.7 Å². The number of rotatable bonds is 7. The number of hydrogen-bond donors (Lipinski definition) is 3.